The SMILES string of the molecule is CC(C)NCC(C)S(=O)(=O)NCCOCC(F)(F)F. The summed E-state index contributed by atoms with van der Waals surface area (Å²) < 4.78 is 65.1. The molecule has 0 fully saturated rings. The summed E-state index contributed by atoms with van der Waals surface area (Å²) >= 11 is 0. The summed E-state index contributed by atoms with van der Waals surface area (Å²) in [5.74, 6) is 0. The second kappa shape index (κ2) is 8.03. The van der Waals surface area contributed by atoms with Gasteiger partial charge in [-0.1, -0.05) is 13.8 Å². The van der Waals surface area contributed by atoms with Crippen LogP contribution in [0.1, 0.15) is 20.8 Å². The summed E-state index contributed by atoms with van der Waals surface area (Å²) in [5, 5.41) is 2.30. The van der Waals surface area contributed by atoms with Gasteiger partial charge < -0.3 is 10.1 Å². The molecule has 0 saturated carbocycles. The Morgan fingerprint density at radius 1 is 1.21 bits per heavy atom. The van der Waals surface area contributed by atoms with E-state index >= 15 is 0 Å². The molecule has 0 radical (unpaired) electrons. The molecule has 0 aliphatic heterocycles. The van der Waals surface area contributed by atoms with Gasteiger partial charge in [-0.25, -0.2) is 13.1 Å². The third-order valence-electron chi connectivity index (χ3n) is 2.16. The molecule has 0 aliphatic carbocycles. The molecule has 0 heterocycles. The van der Waals surface area contributed by atoms with Crippen LogP contribution in [0.2, 0.25) is 0 Å². The molecule has 0 aromatic rings. The molecule has 0 bridgehead atoms. The highest BCUT2D eigenvalue weighted by Crippen LogP contribution is 2.13. The second-order valence-corrected chi connectivity index (χ2v) is 6.66. The Bertz CT molecular complexity index is 344. The number of nitrogens with one attached hydrogen (secondary N) is 2. The van der Waals surface area contributed by atoms with E-state index in [0.29, 0.717) is 0 Å². The number of sulfonamides is 1. The number of hydrogen-bond acceptors (Lipinski definition) is 4. The molecule has 1 atom stereocenters. The van der Waals surface area contributed by atoms with Gasteiger partial charge in [-0.15, -0.1) is 0 Å². The van der Waals surface area contributed by atoms with Crippen LogP contribution in [0.3, 0.4) is 0 Å². The quantitative estimate of drug-likeness (QED) is 0.620. The van der Waals surface area contributed by atoms with Crippen molar-refractivity contribution in [2.75, 3.05) is 26.3 Å². The lowest BCUT2D eigenvalue weighted by atomic mass is 10.3. The Labute approximate surface area is 111 Å². The summed E-state index contributed by atoms with van der Waals surface area (Å²) in [7, 11) is -3.55. The zero-order valence-electron chi connectivity index (χ0n) is 11.3. The van der Waals surface area contributed by atoms with Crippen LogP contribution < -0.4 is 10.0 Å². The Hall–Kier alpha value is -0.380. The van der Waals surface area contributed by atoms with Crippen LogP contribution in [-0.2, 0) is 14.8 Å². The minimum absolute atomic E-state index is 0.160. The molecule has 0 aromatic heterocycles. The maximum Gasteiger partial charge on any atom is 0.411 e. The molecule has 5 nitrogen and oxygen atoms in total. The van der Waals surface area contributed by atoms with Crippen molar-refractivity contribution in [3.8, 4) is 0 Å². The van der Waals surface area contributed by atoms with Gasteiger partial charge in [0.1, 0.15) is 6.61 Å². The Morgan fingerprint density at radius 2 is 1.79 bits per heavy atom. The molecular weight excluding hydrogens is 285 g/mol. The number of alkyl halides is 3. The van der Waals surface area contributed by atoms with E-state index in [9.17, 15) is 21.6 Å². The zero-order valence-corrected chi connectivity index (χ0v) is 12.1. The minimum atomic E-state index is -4.40. The molecule has 0 amide bonds. The third-order valence-corrected chi connectivity index (χ3v) is 3.99. The zero-order chi connectivity index (χ0) is 15.1. The smallest absolute Gasteiger partial charge is 0.371 e. The monoisotopic (exact) mass is 306 g/mol. The van der Waals surface area contributed by atoms with E-state index in [2.05, 4.69) is 14.8 Å². The minimum Gasteiger partial charge on any atom is -0.371 e. The molecular formula is C10H21F3N2O3S. The van der Waals surface area contributed by atoms with Crippen molar-refractivity contribution in [2.45, 2.75) is 38.2 Å². The molecule has 0 aliphatic rings. The first-order chi connectivity index (χ1) is 8.54. The molecule has 0 spiro atoms. The van der Waals surface area contributed by atoms with Crippen molar-refractivity contribution >= 4 is 10.0 Å². The molecule has 116 valence electrons. The van der Waals surface area contributed by atoms with Crippen LogP contribution in [0, 0.1) is 0 Å². The van der Waals surface area contributed by atoms with Gasteiger partial charge >= 0.3 is 6.18 Å². The summed E-state index contributed by atoms with van der Waals surface area (Å²) in [6, 6.07) is 0.160. The lowest BCUT2D eigenvalue weighted by Crippen LogP contribution is -2.41. The fourth-order valence-corrected chi connectivity index (χ4v) is 2.07. The van der Waals surface area contributed by atoms with Crippen molar-refractivity contribution in [2.24, 2.45) is 0 Å². The fraction of sp³-hybridized carbons (Fsp3) is 1.00. The average Bonchev–Trinajstić information content (AvgIpc) is 2.23. The molecule has 9 heteroatoms. The maximum atomic E-state index is 11.7. The summed E-state index contributed by atoms with van der Waals surface area (Å²) in [6.45, 7) is 3.70. The van der Waals surface area contributed by atoms with E-state index < -0.39 is 28.1 Å². The standard InChI is InChI=1S/C10H21F3N2O3S/c1-8(2)14-6-9(3)19(16,17)15-4-5-18-7-10(11,12)13/h8-9,14-15H,4-7H2,1-3H3. The fourth-order valence-electron chi connectivity index (χ4n) is 1.10. The normalized spacial score (nSPS) is 14.9. The first-order valence-electron chi connectivity index (χ1n) is 5.91. The molecule has 1 unspecified atom stereocenters. The predicted octanol–water partition coefficient (Wildman–Crippen LogP) is 0.871. The van der Waals surface area contributed by atoms with Gasteiger partial charge in [0.25, 0.3) is 0 Å². The topological polar surface area (TPSA) is 67.4 Å². The van der Waals surface area contributed by atoms with Crippen LogP contribution in [-0.4, -0.2) is 52.2 Å². The Balaban J connectivity index is 3.90. The van der Waals surface area contributed by atoms with Crippen molar-refractivity contribution in [3.05, 3.63) is 0 Å². The molecule has 0 aromatic carbocycles. The van der Waals surface area contributed by atoms with Gasteiger partial charge in [-0.3, -0.25) is 0 Å². The van der Waals surface area contributed by atoms with Gasteiger partial charge in [-0.2, -0.15) is 13.2 Å². The molecule has 0 rings (SSSR count). The Morgan fingerprint density at radius 3 is 2.26 bits per heavy atom. The van der Waals surface area contributed by atoms with E-state index in [1.165, 1.54) is 6.92 Å². The number of rotatable bonds is 9. The highest BCUT2D eigenvalue weighted by molar-refractivity contribution is 7.90. The predicted molar refractivity (Wildman–Crippen MR) is 66.4 cm³/mol. The summed E-state index contributed by atoms with van der Waals surface area (Å²) in [4.78, 5) is 0. The van der Waals surface area contributed by atoms with Gasteiger partial charge in [0.2, 0.25) is 10.0 Å². The third kappa shape index (κ3) is 10.1. The lowest BCUT2D eigenvalue weighted by Gasteiger charge is -2.16. The van der Waals surface area contributed by atoms with Crippen LogP contribution in [0.25, 0.3) is 0 Å². The van der Waals surface area contributed by atoms with E-state index in [1.54, 1.807) is 0 Å². The number of hydrogen-bond donors (Lipinski definition) is 2. The van der Waals surface area contributed by atoms with Crippen molar-refractivity contribution in [3.63, 3.8) is 0 Å². The number of halogens is 3. The average molecular weight is 306 g/mol. The largest absolute Gasteiger partial charge is 0.411 e. The summed E-state index contributed by atoms with van der Waals surface area (Å²) in [5.41, 5.74) is 0. The second-order valence-electron chi connectivity index (χ2n) is 4.48. The maximum absolute atomic E-state index is 11.7. The van der Waals surface area contributed by atoms with Crippen LogP contribution in [0.4, 0.5) is 13.2 Å². The van der Waals surface area contributed by atoms with Gasteiger partial charge in [0.05, 0.1) is 11.9 Å². The number of ether oxygens (including phenoxy) is 1. The molecule has 0 saturated heterocycles. The van der Waals surface area contributed by atoms with Crippen LogP contribution in [0.15, 0.2) is 0 Å². The highest BCUT2D eigenvalue weighted by Gasteiger charge is 2.27. The van der Waals surface area contributed by atoms with Crippen molar-refractivity contribution < 1.29 is 26.3 Å². The van der Waals surface area contributed by atoms with Gasteiger partial charge in [0.15, 0.2) is 0 Å². The van der Waals surface area contributed by atoms with E-state index in [0.717, 1.165) is 0 Å². The van der Waals surface area contributed by atoms with E-state index in [-0.39, 0.29) is 25.7 Å². The highest BCUT2D eigenvalue weighted by atomic mass is 32.2. The van der Waals surface area contributed by atoms with E-state index in [4.69, 9.17) is 0 Å². The van der Waals surface area contributed by atoms with Crippen molar-refractivity contribution in [1.29, 1.82) is 0 Å². The van der Waals surface area contributed by atoms with Crippen LogP contribution in [0.5, 0.6) is 0 Å². The summed E-state index contributed by atoms with van der Waals surface area (Å²) in [6.07, 6.45) is -4.40. The first-order valence-corrected chi connectivity index (χ1v) is 7.45. The van der Waals surface area contributed by atoms with Gasteiger partial charge in [-0.05, 0) is 6.92 Å². The molecule has 19 heavy (non-hydrogen) atoms. The van der Waals surface area contributed by atoms with Crippen molar-refractivity contribution in [1.82, 2.24) is 10.0 Å². The first kappa shape index (κ1) is 18.6. The lowest BCUT2D eigenvalue weighted by molar-refractivity contribution is -0.173. The molecule has 2 N–H and O–H groups in total. The van der Waals surface area contributed by atoms with Gasteiger partial charge in [0, 0.05) is 19.1 Å². The van der Waals surface area contributed by atoms with Crippen LogP contribution >= 0.6 is 0 Å². The Kier molecular flexibility index (Phi) is 7.87. The van der Waals surface area contributed by atoms with E-state index in [1.807, 2.05) is 13.8 Å².